The standard InChI is InChI=1S/C24H30ClN7O3S/c1-24(18-9-5-4-8-17(18)15-32(16-27-24)12-13-35-2)30-23-26-14-19(25)22(29-23)28-20-10-6-7-11-21(20)31-36(3,33)34/h4-11,14,27,31H,12-13,15-16H2,1-3H3,(H2,26,28,29,30). The number of benzene rings is 2. The molecule has 0 bridgehead atoms. The maximum atomic E-state index is 11.8. The molecule has 2 heterocycles. The molecule has 36 heavy (non-hydrogen) atoms. The number of halogens is 1. The zero-order valence-corrected chi connectivity index (χ0v) is 21.9. The molecule has 2 aromatic carbocycles. The molecule has 12 heteroatoms. The van der Waals surface area contributed by atoms with Crippen LogP contribution in [0.15, 0.2) is 54.7 Å². The summed E-state index contributed by atoms with van der Waals surface area (Å²) in [4.78, 5) is 11.3. The lowest BCUT2D eigenvalue weighted by Gasteiger charge is -2.33. The summed E-state index contributed by atoms with van der Waals surface area (Å²) < 4.78 is 31.3. The second-order valence-electron chi connectivity index (χ2n) is 8.72. The third-order valence-electron chi connectivity index (χ3n) is 5.80. The lowest BCUT2D eigenvalue weighted by molar-refractivity contribution is 0.135. The normalized spacial score (nSPS) is 18.2. The van der Waals surface area contributed by atoms with E-state index in [4.69, 9.17) is 16.3 Å². The van der Waals surface area contributed by atoms with Crippen LogP contribution in [0.2, 0.25) is 5.02 Å². The number of hydrogen-bond donors (Lipinski definition) is 4. The summed E-state index contributed by atoms with van der Waals surface area (Å²) in [7, 11) is -1.77. The number of ether oxygens (including phenoxy) is 1. The number of methoxy groups -OCH3 is 1. The molecular weight excluding hydrogens is 502 g/mol. The van der Waals surface area contributed by atoms with Crippen LogP contribution >= 0.6 is 11.6 Å². The van der Waals surface area contributed by atoms with Crippen LogP contribution in [0.3, 0.4) is 0 Å². The first kappa shape index (κ1) is 26.1. The molecule has 0 aliphatic carbocycles. The highest BCUT2D eigenvalue weighted by Crippen LogP contribution is 2.32. The minimum absolute atomic E-state index is 0.292. The van der Waals surface area contributed by atoms with Crippen molar-refractivity contribution in [2.24, 2.45) is 0 Å². The number of sulfonamides is 1. The quantitative estimate of drug-likeness (QED) is 0.328. The minimum Gasteiger partial charge on any atom is -0.383 e. The van der Waals surface area contributed by atoms with Crippen LogP contribution in [0.25, 0.3) is 0 Å². The Labute approximate surface area is 216 Å². The van der Waals surface area contributed by atoms with Crippen molar-refractivity contribution in [1.29, 1.82) is 0 Å². The highest BCUT2D eigenvalue weighted by molar-refractivity contribution is 7.92. The first-order valence-electron chi connectivity index (χ1n) is 11.4. The molecular formula is C24H30ClN7O3S. The zero-order chi connectivity index (χ0) is 25.8. The van der Waals surface area contributed by atoms with Gasteiger partial charge in [-0.25, -0.2) is 13.4 Å². The highest BCUT2D eigenvalue weighted by Gasteiger charge is 2.33. The van der Waals surface area contributed by atoms with Crippen molar-refractivity contribution in [3.05, 3.63) is 70.9 Å². The number of nitrogens with zero attached hydrogens (tertiary/aromatic N) is 3. The summed E-state index contributed by atoms with van der Waals surface area (Å²) in [5.41, 5.74) is 2.49. The molecule has 1 unspecified atom stereocenters. The Bertz CT molecular complexity index is 1320. The van der Waals surface area contributed by atoms with E-state index >= 15 is 0 Å². The molecule has 0 saturated carbocycles. The molecule has 0 fully saturated rings. The molecule has 0 amide bonds. The number of rotatable bonds is 9. The summed E-state index contributed by atoms with van der Waals surface area (Å²) in [6, 6.07) is 15.1. The van der Waals surface area contributed by atoms with Crippen molar-refractivity contribution >= 4 is 44.8 Å². The predicted octanol–water partition coefficient (Wildman–Crippen LogP) is 3.54. The van der Waals surface area contributed by atoms with Crippen LogP contribution in [-0.2, 0) is 27.0 Å². The second-order valence-corrected chi connectivity index (χ2v) is 10.9. The van der Waals surface area contributed by atoms with Crippen LogP contribution in [-0.4, -0.2) is 56.5 Å². The summed E-state index contributed by atoms with van der Waals surface area (Å²) in [5, 5.41) is 10.4. The van der Waals surface area contributed by atoms with E-state index in [1.165, 1.54) is 11.8 Å². The first-order chi connectivity index (χ1) is 17.2. The Morgan fingerprint density at radius 3 is 2.64 bits per heavy atom. The van der Waals surface area contributed by atoms with Crippen molar-refractivity contribution < 1.29 is 13.2 Å². The SMILES string of the molecule is COCCN1CNC(C)(Nc2ncc(Cl)c(Nc3ccccc3NS(C)(=O)=O)n2)c2ccccc2C1. The van der Waals surface area contributed by atoms with E-state index in [1.807, 2.05) is 19.1 Å². The number of hydrogen-bond acceptors (Lipinski definition) is 9. The Balaban J connectivity index is 1.61. The number of anilines is 4. The monoisotopic (exact) mass is 531 g/mol. The van der Waals surface area contributed by atoms with Crippen molar-refractivity contribution in [2.45, 2.75) is 19.1 Å². The molecule has 1 aliphatic rings. The number of para-hydroxylation sites is 2. The van der Waals surface area contributed by atoms with Gasteiger partial charge < -0.3 is 15.4 Å². The van der Waals surface area contributed by atoms with Crippen molar-refractivity contribution in [2.75, 3.05) is 48.5 Å². The van der Waals surface area contributed by atoms with Crippen molar-refractivity contribution in [3.8, 4) is 0 Å². The van der Waals surface area contributed by atoms with Gasteiger partial charge in [0, 0.05) is 20.2 Å². The Morgan fingerprint density at radius 2 is 1.89 bits per heavy atom. The Hall–Kier alpha value is -2.96. The van der Waals surface area contributed by atoms with E-state index in [9.17, 15) is 8.42 Å². The van der Waals surface area contributed by atoms with Gasteiger partial charge in [-0.3, -0.25) is 14.9 Å². The molecule has 0 saturated heterocycles. The smallest absolute Gasteiger partial charge is 0.229 e. The lowest BCUT2D eigenvalue weighted by Crippen LogP contribution is -2.49. The van der Waals surface area contributed by atoms with Gasteiger partial charge in [0.15, 0.2) is 5.82 Å². The van der Waals surface area contributed by atoms with E-state index in [1.54, 1.807) is 31.4 Å². The van der Waals surface area contributed by atoms with Gasteiger partial charge in [0.25, 0.3) is 0 Å². The van der Waals surface area contributed by atoms with Gasteiger partial charge in [0.2, 0.25) is 16.0 Å². The highest BCUT2D eigenvalue weighted by atomic mass is 35.5. The van der Waals surface area contributed by atoms with Crippen molar-refractivity contribution in [3.63, 3.8) is 0 Å². The maximum Gasteiger partial charge on any atom is 0.229 e. The zero-order valence-electron chi connectivity index (χ0n) is 20.4. The third kappa shape index (κ3) is 6.42. The average molecular weight is 532 g/mol. The first-order valence-corrected chi connectivity index (χ1v) is 13.6. The number of nitrogens with one attached hydrogen (secondary N) is 4. The van der Waals surface area contributed by atoms with Gasteiger partial charge in [0.1, 0.15) is 10.7 Å². The van der Waals surface area contributed by atoms with Crippen LogP contribution in [0.4, 0.5) is 23.1 Å². The molecule has 0 spiro atoms. The fraction of sp³-hybridized carbons (Fsp3) is 0.333. The molecule has 192 valence electrons. The number of aromatic nitrogens is 2. The fourth-order valence-electron chi connectivity index (χ4n) is 4.04. The molecule has 1 aliphatic heterocycles. The van der Waals surface area contributed by atoms with Gasteiger partial charge in [-0.15, -0.1) is 0 Å². The van der Waals surface area contributed by atoms with Gasteiger partial charge in [-0.05, 0) is 30.2 Å². The fourth-order valence-corrected chi connectivity index (χ4v) is 4.76. The predicted molar refractivity (Wildman–Crippen MR) is 143 cm³/mol. The molecule has 4 N–H and O–H groups in total. The minimum atomic E-state index is -3.47. The lowest BCUT2D eigenvalue weighted by atomic mass is 9.96. The largest absolute Gasteiger partial charge is 0.383 e. The van der Waals surface area contributed by atoms with Crippen LogP contribution in [0.1, 0.15) is 18.1 Å². The molecule has 3 aromatic rings. The van der Waals surface area contributed by atoms with E-state index in [-0.39, 0.29) is 0 Å². The van der Waals surface area contributed by atoms with Crippen LogP contribution < -0.4 is 20.7 Å². The molecule has 0 radical (unpaired) electrons. The average Bonchev–Trinajstić information content (AvgIpc) is 2.97. The topological polar surface area (TPSA) is 121 Å². The third-order valence-corrected chi connectivity index (χ3v) is 6.67. The molecule has 4 rings (SSSR count). The van der Waals surface area contributed by atoms with E-state index < -0.39 is 15.7 Å². The van der Waals surface area contributed by atoms with Gasteiger partial charge >= 0.3 is 0 Å². The maximum absolute atomic E-state index is 11.8. The Kier molecular flexibility index (Phi) is 7.96. The van der Waals surface area contributed by atoms with Gasteiger partial charge in [0.05, 0.1) is 37.1 Å². The summed E-state index contributed by atoms with van der Waals surface area (Å²) >= 11 is 6.40. The molecule has 10 nitrogen and oxygen atoms in total. The van der Waals surface area contributed by atoms with E-state index in [0.29, 0.717) is 41.4 Å². The van der Waals surface area contributed by atoms with Crippen molar-refractivity contribution in [1.82, 2.24) is 20.2 Å². The molecule has 1 aromatic heterocycles. The summed E-state index contributed by atoms with van der Waals surface area (Å²) in [6.07, 6.45) is 2.60. The Morgan fingerprint density at radius 1 is 1.17 bits per heavy atom. The van der Waals surface area contributed by atoms with E-state index in [2.05, 4.69) is 47.7 Å². The summed E-state index contributed by atoms with van der Waals surface area (Å²) in [6.45, 7) is 4.88. The molecule has 1 atom stereocenters. The van der Waals surface area contributed by atoms with Crippen LogP contribution in [0, 0.1) is 0 Å². The van der Waals surface area contributed by atoms with Gasteiger partial charge in [-0.2, -0.15) is 4.98 Å². The second kappa shape index (κ2) is 11.0. The van der Waals surface area contributed by atoms with Gasteiger partial charge in [-0.1, -0.05) is 48.0 Å². The number of fused-ring (bicyclic) bond motifs is 1. The van der Waals surface area contributed by atoms with Crippen LogP contribution in [0.5, 0.6) is 0 Å². The summed E-state index contributed by atoms with van der Waals surface area (Å²) in [5.74, 6) is 0.690. The van der Waals surface area contributed by atoms with E-state index in [0.717, 1.165) is 24.9 Å².